The zero-order chi connectivity index (χ0) is 19.0. The molecule has 0 aliphatic carbocycles. The molecule has 0 bridgehead atoms. The van der Waals surface area contributed by atoms with Crippen LogP contribution in [0.4, 0.5) is 0 Å². The average molecular weight is 335 g/mol. The van der Waals surface area contributed by atoms with Crippen molar-refractivity contribution in [2.24, 2.45) is 10.7 Å². The Balaban J connectivity index is -0.000000292. The number of nitrogens with one attached hydrogen (secondary N) is 1. The lowest BCUT2D eigenvalue weighted by atomic mass is 10.4. The van der Waals surface area contributed by atoms with Gasteiger partial charge in [-0.05, 0) is 33.7 Å². The maximum atomic E-state index is 10.9. The molecule has 0 saturated heterocycles. The summed E-state index contributed by atoms with van der Waals surface area (Å²) in [5.74, 6) is -0.902. The molecule has 0 aromatic carbocycles. The molecule has 0 saturated carbocycles. The Kier molecular flexibility index (Phi) is 19.3. The summed E-state index contributed by atoms with van der Waals surface area (Å²) in [6.07, 6.45) is -0.106. The van der Waals surface area contributed by atoms with E-state index in [2.05, 4.69) is 19.8 Å². The normalized spacial score (nSPS) is 11.5. The minimum absolute atomic E-state index is 0.117. The minimum Gasteiger partial charge on any atom is -0.465 e. The van der Waals surface area contributed by atoms with E-state index in [9.17, 15) is 9.59 Å². The fraction of sp³-hybridized carbons (Fsp3) is 0.800. The number of aliphatic hydroxyl groups is 1. The van der Waals surface area contributed by atoms with Crippen LogP contribution in [0, 0.1) is 0 Å². The van der Waals surface area contributed by atoms with Crippen molar-refractivity contribution >= 4 is 18.1 Å². The van der Waals surface area contributed by atoms with Crippen molar-refractivity contribution in [1.29, 1.82) is 0 Å². The Morgan fingerprint density at radius 1 is 1.13 bits per heavy atom. The van der Waals surface area contributed by atoms with Gasteiger partial charge in [-0.2, -0.15) is 0 Å². The summed E-state index contributed by atoms with van der Waals surface area (Å²) in [7, 11) is 2.38. The third-order valence-electron chi connectivity index (χ3n) is 1.55. The van der Waals surface area contributed by atoms with Crippen LogP contribution in [-0.2, 0) is 19.1 Å². The number of aliphatic hydroxyl groups excluding tert-OH is 1. The van der Waals surface area contributed by atoms with Crippen molar-refractivity contribution in [1.82, 2.24) is 5.32 Å². The monoisotopic (exact) mass is 335 g/mol. The summed E-state index contributed by atoms with van der Waals surface area (Å²) in [6.45, 7) is 11.6. The first kappa shape index (κ1) is 26.4. The van der Waals surface area contributed by atoms with Crippen LogP contribution >= 0.6 is 0 Å². The Labute approximate surface area is 139 Å². The number of carbonyl (C=O) groups excluding carboxylic acids is 2. The second-order valence-corrected chi connectivity index (χ2v) is 5.39. The number of aliphatic imine (C=N–C) groups is 1. The molecule has 0 rings (SSSR count). The number of methoxy groups -OCH3 is 2. The van der Waals surface area contributed by atoms with Gasteiger partial charge in [0.25, 0.3) is 12.2 Å². The predicted molar refractivity (Wildman–Crippen MR) is 91.3 cm³/mol. The van der Waals surface area contributed by atoms with Crippen molar-refractivity contribution in [2.45, 2.75) is 66.0 Å². The largest absolute Gasteiger partial charge is 0.465 e. The van der Waals surface area contributed by atoms with Crippen LogP contribution < -0.4 is 11.1 Å². The number of amides is 1. The fourth-order valence-electron chi connectivity index (χ4n) is 0.736. The molecule has 0 heterocycles. The lowest BCUT2D eigenvalue weighted by Crippen LogP contribution is -2.31. The van der Waals surface area contributed by atoms with E-state index in [1.807, 2.05) is 41.5 Å². The third-order valence-corrected chi connectivity index (χ3v) is 1.55. The molecule has 1 unspecified atom stereocenters. The Morgan fingerprint density at radius 2 is 1.57 bits per heavy atom. The molecule has 0 aliphatic heterocycles. The Hall–Kier alpha value is -1.51. The van der Waals surface area contributed by atoms with E-state index < -0.39 is 12.3 Å². The first-order valence-electron chi connectivity index (χ1n) is 7.35. The van der Waals surface area contributed by atoms with Gasteiger partial charge in [0, 0.05) is 19.2 Å². The van der Waals surface area contributed by atoms with E-state index >= 15 is 0 Å². The topological polar surface area (TPSA) is 123 Å². The molecule has 0 radical (unpaired) electrons. The molecular formula is C15H33N3O5. The van der Waals surface area contributed by atoms with Gasteiger partial charge in [0.2, 0.25) is 0 Å². The second kappa shape index (κ2) is 16.9. The number of nitrogens with two attached hydrogens (primary N) is 1. The molecule has 23 heavy (non-hydrogen) atoms. The van der Waals surface area contributed by atoms with Crippen LogP contribution in [0.1, 0.15) is 41.5 Å². The average Bonchev–Trinajstić information content (AvgIpc) is 2.42. The van der Waals surface area contributed by atoms with Crippen LogP contribution in [0.25, 0.3) is 0 Å². The van der Waals surface area contributed by atoms with Gasteiger partial charge in [-0.1, -0.05) is 13.8 Å². The minimum atomic E-state index is -1.44. The fourth-order valence-corrected chi connectivity index (χ4v) is 0.736. The van der Waals surface area contributed by atoms with Crippen molar-refractivity contribution in [3.05, 3.63) is 0 Å². The molecule has 4 N–H and O–H groups in total. The highest BCUT2D eigenvalue weighted by Crippen LogP contribution is 1.84. The highest BCUT2D eigenvalue weighted by atomic mass is 16.6. The first-order chi connectivity index (χ1) is 10.5. The molecule has 1 amide bonds. The maximum Gasteiger partial charge on any atom is 0.362 e. The lowest BCUT2D eigenvalue weighted by Gasteiger charge is -2.03. The number of esters is 1. The number of hydrogen-bond acceptors (Lipinski definition) is 7. The number of carbonyl (C=O) groups is 2. The lowest BCUT2D eigenvalue weighted by molar-refractivity contribution is -0.174. The highest BCUT2D eigenvalue weighted by molar-refractivity contribution is 6.26. The van der Waals surface area contributed by atoms with E-state index in [0.717, 1.165) is 0 Å². The van der Waals surface area contributed by atoms with Gasteiger partial charge >= 0.3 is 5.97 Å². The van der Waals surface area contributed by atoms with Crippen LogP contribution in [0.2, 0.25) is 0 Å². The molecule has 0 spiro atoms. The number of nitrogens with zero attached hydrogens (tertiary/aromatic N) is 1. The zero-order valence-corrected chi connectivity index (χ0v) is 15.5. The molecule has 8 heteroatoms. The summed E-state index contributed by atoms with van der Waals surface area (Å²) >= 11 is 0. The third kappa shape index (κ3) is 29.2. The SMILES string of the molecule is CC(C)N.CC(C)N=CC(=O)NC(C)C.COC(=O)C(O)OC. The quantitative estimate of drug-likeness (QED) is 0.381. The van der Waals surface area contributed by atoms with Crippen molar-refractivity contribution < 1.29 is 24.2 Å². The molecule has 0 aromatic rings. The van der Waals surface area contributed by atoms with Gasteiger partial charge in [-0.25, -0.2) is 4.79 Å². The number of hydrogen-bond donors (Lipinski definition) is 3. The summed E-state index contributed by atoms with van der Waals surface area (Å²) in [5, 5.41) is 11.1. The molecule has 0 aliphatic rings. The second-order valence-electron chi connectivity index (χ2n) is 5.39. The molecule has 8 nitrogen and oxygen atoms in total. The van der Waals surface area contributed by atoms with Crippen LogP contribution in [0.15, 0.2) is 4.99 Å². The van der Waals surface area contributed by atoms with Gasteiger partial charge in [-0.3, -0.25) is 9.79 Å². The summed E-state index contributed by atoms with van der Waals surface area (Å²) in [4.78, 5) is 25.0. The molecule has 1 atom stereocenters. The highest BCUT2D eigenvalue weighted by Gasteiger charge is 2.12. The Morgan fingerprint density at radius 3 is 1.78 bits per heavy atom. The summed E-state index contributed by atoms with van der Waals surface area (Å²) in [5.41, 5.74) is 5.11. The predicted octanol–water partition coefficient (Wildman–Crippen LogP) is 0.468. The molecule has 0 aromatic heterocycles. The van der Waals surface area contributed by atoms with Crippen LogP contribution in [-0.4, -0.2) is 61.8 Å². The molecular weight excluding hydrogens is 302 g/mol. The number of ether oxygens (including phenoxy) is 2. The van der Waals surface area contributed by atoms with Crippen molar-refractivity contribution in [3.63, 3.8) is 0 Å². The standard InChI is InChI=1S/C8H16N2O.C4H8O4.C3H9N/c1-6(2)9-5-8(11)10-7(3)4;1-7-3(5)4(6)8-2;1-3(2)4/h5-7H,1-4H3,(H,10,11);3,5H,1-2H3;3H,4H2,1-2H3. The molecule has 138 valence electrons. The summed E-state index contributed by atoms with van der Waals surface area (Å²) < 4.78 is 8.27. The summed E-state index contributed by atoms with van der Waals surface area (Å²) in [6, 6.07) is 0.703. The first-order valence-corrected chi connectivity index (χ1v) is 7.35. The van der Waals surface area contributed by atoms with E-state index in [4.69, 9.17) is 10.8 Å². The van der Waals surface area contributed by atoms with Crippen molar-refractivity contribution in [2.75, 3.05) is 14.2 Å². The smallest absolute Gasteiger partial charge is 0.362 e. The van der Waals surface area contributed by atoms with E-state index in [0.29, 0.717) is 6.04 Å². The van der Waals surface area contributed by atoms with Gasteiger partial charge < -0.3 is 25.6 Å². The van der Waals surface area contributed by atoms with E-state index in [-0.39, 0.29) is 18.0 Å². The van der Waals surface area contributed by atoms with Crippen molar-refractivity contribution in [3.8, 4) is 0 Å². The Bertz CT molecular complexity index is 328. The van der Waals surface area contributed by atoms with Gasteiger partial charge in [0.15, 0.2) is 0 Å². The van der Waals surface area contributed by atoms with Gasteiger partial charge in [0.1, 0.15) is 0 Å². The van der Waals surface area contributed by atoms with E-state index in [1.165, 1.54) is 20.4 Å². The van der Waals surface area contributed by atoms with Gasteiger partial charge in [-0.15, -0.1) is 0 Å². The maximum absolute atomic E-state index is 10.9. The van der Waals surface area contributed by atoms with E-state index in [1.54, 1.807) is 0 Å². The van der Waals surface area contributed by atoms with Crippen LogP contribution in [0.5, 0.6) is 0 Å². The molecule has 0 fully saturated rings. The van der Waals surface area contributed by atoms with Crippen LogP contribution in [0.3, 0.4) is 0 Å². The zero-order valence-electron chi connectivity index (χ0n) is 15.5. The van der Waals surface area contributed by atoms with Gasteiger partial charge in [0.05, 0.1) is 13.3 Å². The number of rotatable bonds is 5.